The summed E-state index contributed by atoms with van der Waals surface area (Å²) in [7, 11) is 0. The predicted molar refractivity (Wildman–Crippen MR) is 124 cm³/mol. The summed E-state index contributed by atoms with van der Waals surface area (Å²) in [5, 5.41) is 2.92. The molecule has 32 heavy (non-hydrogen) atoms. The fourth-order valence-electron chi connectivity index (χ4n) is 4.77. The quantitative estimate of drug-likeness (QED) is 0.686. The number of hydrogen-bond donors (Lipinski definition) is 1. The minimum Gasteiger partial charge on any atom is -0.323 e. The summed E-state index contributed by atoms with van der Waals surface area (Å²) in [4.78, 5) is 42.1. The molecule has 2 fully saturated rings. The van der Waals surface area contributed by atoms with E-state index >= 15 is 0 Å². The highest BCUT2D eigenvalue weighted by Gasteiger charge is 2.52. The molecule has 1 spiro atoms. The summed E-state index contributed by atoms with van der Waals surface area (Å²) < 4.78 is 0. The molecule has 1 aliphatic carbocycles. The maximum Gasteiger partial charge on any atom is 0.325 e. The third kappa shape index (κ3) is 4.40. The number of carbonyl (C=O) groups excluding carboxylic acids is 3. The average Bonchev–Trinajstić information content (AvgIpc) is 3.03. The molecule has 1 saturated carbocycles. The Bertz CT molecular complexity index is 979. The number of nitrogens with one attached hydrogen (secondary N) is 1. The number of benzene rings is 2. The van der Waals surface area contributed by atoms with Gasteiger partial charge in [-0.2, -0.15) is 0 Å². The molecule has 168 valence electrons. The summed E-state index contributed by atoms with van der Waals surface area (Å²) in [6, 6.07) is 17.0. The number of aryl methyl sites for hydroxylation is 1. The van der Waals surface area contributed by atoms with Gasteiger partial charge in [-0.3, -0.25) is 14.5 Å². The second kappa shape index (κ2) is 9.15. The van der Waals surface area contributed by atoms with Crippen LogP contribution in [0.2, 0.25) is 0 Å². The maximum atomic E-state index is 13.4. The first-order chi connectivity index (χ1) is 15.4. The number of hydrogen-bond acceptors (Lipinski definition) is 3. The third-order valence-electron chi connectivity index (χ3n) is 6.91. The zero-order valence-electron chi connectivity index (χ0n) is 18.8. The highest BCUT2D eigenvalue weighted by Crippen LogP contribution is 2.37. The Hall–Kier alpha value is -3.15. The van der Waals surface area contributed by atoms with Crippen LogP contribution >= 0.6 is 0 Å². The van der Waals surface area contributed by atoms with Gasteiger partial charge in [0.25, 0.3) is 5.91 Å². The van der Waals surface area contributed by atoms with E-state index in [1.54, 1.807) is 4.90 Å². The molecule has 4 amide bonds. The highest BCUT2D eigenvalue weighted by molar-refractivity contribution is 6.10. The van der Waals surface area contributed by atoms with E-state index in [2.05, 4.69) is 12.2 Å². The van der Waals surface area contributed by atoms with E-state index in [4.69, 9.17) is 0 Å². The van der Waals surface area contributed by atoms with Crippen molar-refractivity contribution in [1.29, 1.82) is 0 Å². The van der Waals surface area contributed by atoms with Crippen molar-refractivity contribution in [1.82, 2.24) is 10.2 Å². The van der Waals surface area contributed by atoms with Gasteiger partial charge in [-0.15, -0.1) is 0 Å². The van der Waals surface area contributed by atoms with Gasteiger partial charge in [0, 0.05) is 5.69 Å². The zero-order chi connectivity index (χ0) is 22.7. The first-order valence-electron chi connectivity index (χ1n) is 11.5. The fourth-order valence-corrected chi connectivity index (χ4v) is 4.77. The van der Waals surface area contributed by atoms with Crippen LogP contribution in [0.15, 0.2) is 54.6 Å². The number of carbonyl (C=O) groups is 3. The summed E-state index contributed by atoms with van der Waals surface area (Å²) in [6.45, 7) is 4.27. The average molecular weight is 434 g/mol. The molecule has 0 unspecified atom stereocenters. The minimum atomic E-state index is -0.836. The molecule has 0 atom stereocenters. The van der Waals surface area contributed by atoms with Crippen molar-refractivity contribution >= 4 is 23.5 Å². The van der Waals surface area contributed by atoms with Gasteiger partial charge in [0.1, 0.15) is 12.1 Å². The number of amides is 4. The molecular weight excluding hydrogens is 402 g/mol. The van der Waals surface area contributed by atoms with Crippen molar-refractivity contribution in [3.8, 4) is 0 Å². The topological polar surface area (TPSA) is 69.7 Å². The van der Waals surface area contributed by atoms with E-state index in [0.717, 1.165) is 41.0 Å². The lowest BCUT2D eigenvalue weighted by atomic mass is 9.75. The second-order valence-electron chi connectivity index (χ2n) is 9.06. The molecule has 1 aliphatic heterocycles. The fraction of sp³-hybridized carbons (Fsp3) is 0.423. The lowest BCUT2D eigenvalue weighted by Gasteiger charge is -2.34. The van der Waals surface area contributed by atoms with Crippen LogP contribution in [0.4, 0.5) is 10.5 Å². The van der Waals surface area contributed by atoms with Crippen molar-refractivity contribution in [2.24, 2.45) is 5.92 Å². The highest BCUT2D eigenvalue weighted by atomic mass is 16.2. The lowest BCUT2D eigenvalue weighted by molar-refractivity contribution is -0.135. The first-order valence-corrected chi connectivity index (χ1v) is 11.5. The first kappa shape index (κ1) is 22.1. The van der Waals surface area contributed by atoms with Gasteiger partial charge in [-0.1, -0.05) is 61.4 Å². The molecule has 6 heteroatoms. The van der Waals surface area contributed by atoms with Gasteiger partial charge >= 0.3 is 6.03 Å². The van der Waals surface area contributed by atoms with Gasteiger partial charge in [-0.05, 0) is 56.2 Å². The Morgan fingerprint density at radius 2 is 1.72 bits per heavy atom. The molecule has 0 aromatic heterocycles. The largest absolute Gasteiger partial charge is 0.325 e. The molecule has 1 saturated heterocycles. The Labute approximate surface area is 189 Å². The van der Waals surface area contributed by atoms with Crippen LogP contribution < -0.4 is 10.2 Å². The summed E-state index contributed by atoms with van der Waals surface area (Å²) in [5.74, 6) is 0.0679. The molecule has 2 aromatic carbocycles. The molecule has 1 N–H and O–H groups in total. The van der Waals surface area contributed by atoms with Crippen molar-refractivity contribution in [3.05, 3.63) is 65.7 Å². The Kier molecular flexibility index (Phi) is 6.31. The molecular formula is C26H31N3O3. The van der Waals surface area contributed by atoms with Crippen LogP contribution in [0.1, 0.15) is 50.2 Å². The second-order valence-corrected chi connectivity index (χ2v) is 9.06. The van der Waals surface area contributed by atoms with Crippen LogP contribution in [0.25, 0.3) is 0 Å². The molecule has 6 nitrogen and oxygen atoms in total. The standard InChI is InChI=1S/C26H31N3O3/c1-3-20-13-15-26(16-14-20)24(31)29(25(32)27-26)18-23(30)28(17-21-7-5-4-6-8-21)22-11-9-19(2)10-12-22/h4-12,20H,3,13-18H2,1-2H3,(H,27,32). The molecule has 0 bridgehead atoms. The van der Waals surface area contributed by atoms with Crippen LogP contribution in [-0.4, -0.2) is 34.8 Å². The van der Waals surface area contributed by atoms with Gasteiger partial charge in [0.15, 0.2) is 0 Å². The van der Waals surface area contributed by atoms with Gasteiger partial charge in [0.2, 0.25) is 5.91 Å². The number of nitrogens with zero attached hydrogens (tertiary/aromatic N) is 2. The van der Waals surface area contributed by atoms with Crippen molar-refractivity contribution < 1.29 is 14.4 Å². The SMILES string of the molecule is CCC1CCC2(CC1)NC(=O)N(CC(=O)N(Cc1ccccc1)c1ccc(C)cc1)C2=O. The third-order valence-corrected chi connectivity index (χ3v) is 6.91. The van der Waals surface area contributed by atoms with E-state index in [1.807, 2.05) is 61.5 Å². The van der Waals surface area contributed by atoms with E-state index in [0.29, 0.717) is 25.3 Å². The lowest BCUT2D eigenvalue weighted by Crippen LogP contribution is -2.50. The molecule has 2 aliphatic rings. The van der Waals surface area contributed by atoms with E-state index in [-0.39, 0.29) is 18.4 Å². The maximum absolute atomic E-state index is 13.4. The normalized spacial score (nSPS) is 22.8. The van der Waals surface area contributed by atoms with Crippen molar-refractivity contribution in [2.45, 2.75) is 58.0 Å². The molecule has 2 aromatic rings. The minimum absolute atomic E-state index is 0.256. The Balaban J connectivity index is 1.53. The number of rotatable bonds is 6. The monoisotopic (exact) mass is 433 g/mol. The number of imide groups is 1. The molecule has 4 rings (SSSR count). The number of urea groups is 1. The van der Waals surface area contributed by atoms with E-state index in [1.165, 1.54) is 0 Å². The van der Waals surface area contributed by atoms with Crippen LogP contribution in [-0.2, 0) is 16.1 Å². The predicted octanol–water partition coefficient (Wildman–Crippen LogP) is 4.42. The summed E-state index contributed by atoms with van der Waals surface area (Å²) >= 11 is 0. The van der Waals surface area contributed by atoms with Crippen LogP contribution in [0.5, 0.6) is 0 Å². The summed E-state index contributed by atoms with van der Waals surface area (Å²) in [5.41, 5.74) is 1.99. The number of anilines is 1. The van der Waals surface area contributed by atoms with Gasteiger partial charge < -0.3 is 10.2 Å². The van der Waals surface area contributed by atoms with Crippen LogP contribution in [0.3, 0.4) is 0 Å². The van der Waals surface area contributed by atoms with Crippen molar-refractivity contribution in [3.63, 3.8) is 0 Å². The Morgan fingerprint density at radius 1 is 1.06 bits per heavy atom. The van der Waals surface area contributed by atoms with Crippen molar-refractivity contribution in [2.75, 3.05) is 11.4 Å². The van der Waals surface area contributed by atoms with Gasteiger partial charge in [-0.25, -0.2) is 4.79 Å². The van der Waals surface area contributed by atoms with Gasteiger partial charge in [0.05, 0.1) is 6.54 Å². The Morgan fingerprint density at radius 3 is 2.34 bits per heavy atom. The van der Waals surface area contributed by atoms with E-state index < -0.39 is 11.6 Å². The van der Waals surface area contributed by atoms with Crippen LogP contribution in [0, 0.1) is 12.8 Å². The molecule has 0 radical (unpaired) electrons. The summed E-state index contributed by atoms with van der Waals surface area (Å²) in [6.07, 6.45) is 4.23. The molecule has 1 heterocycles. The smallest absolute Gasteiger partial charge is 0.323 e. The van der Waals surface area contributed by atoms with E-state index in [9.17, 15) is 14.4 Å². The zero-order valence-corrected chi connectivity index (χ0v) is 18.8.